The second kappa shape index (κ2) is 13.0. The molecule has 8 aromatic rings. The molecule has 0 N–H and O–H groups in total. The highest BCUT2D eigenvalue weighted by Crippen LogP contribution is 2.51. The molecule has 1 aliphatic carbocycles. The molecule has 0 atom stereocenters. The molecule has 0 aromatic heterocycles. The van der Waals surface area contributed by atoms with E-state index in [1.807, 2.05) is 0 Å². The summed E-state index contributed by atoms with van der Waals surface area (Å²) in [7, 11) is 0. The molecule has 0 fully saturated rings. The van der Waals surface area contributed by atoms with E-state index in [1.165, 1.54) is 71.9 Å². The Morgan fingerprint density at radius 2 is 0.764 bits per heavy atom. The number of hydrogen-bond acceptors (Lipinski definition) is 2. The first-order chi connectivity index (χ1) is 26.4. The number of fused-ring (bicyclic) bond motifs is 6. The van der Waals surface area contributed by atoms with Crippen LogP contribution < -0.4 is 9.80 Å². The van der Waals surface area contributed by atoms with E-state index in [0.717, 1.165) is 22.7 Å². The van der Waals surface area contributed by atoms with Crippen LogP contribution >= 0.6 is 0 Å². The molecule has 0 spiro atoms. The van der Waals surface area contributed by atoms with Crippen LogP contribution in [0.15, 0.2) is 164 Å². The molecule has 0 heterocycles. The lowest BCUT2D eigenvalue weighted by atomic mass is 9.78. The fourth-order valence-corrected chi connectivity index (χ4v) is 8.13. The summed E-state index contributed by atoms with van der Waals surface area (Å²) in [4.78, 5) is 4.80. The minimum atomic E-state index is 0.0476. The van der Waals surface area contributed by atoms with Crippen LogP contribution in [0.2, 0.25) is 0 Å². The second-order valence-corrected chi connectivity index (χ2v) is 17.3. The normalized spacial score (nSPS) is 12.3. The predicted octanol–water partition coefficient (Wildman–Crippen LogP) is 15.5. The summed E-state index contributed by atoms with van der Waals surface area (Å²) >= 11 is 0. The highest BCUT2D eigenvalue weighted by molar-refractivity contribution is 6.12. The van der Waals surface area contributed by atoms with Crippen LogP contribution in [-0.2, 0) is 10.8 Å². The molecule has 0 amide bonds. The maximum Gasteiger partial charge on any atom is 0.0493 e. The highest BCUT2D eigenvalue weighted by atomic mass is 15.1. The third kappa shape index (κ3) is 6.26. The molecule has 55 heavy (non-hydrogen) atoms. The van der Waals surface area contributed by atoms with E-state index in [9.17, 15) is 0 Å². The second-order valence-electron chi connectivity index (χ2n) is 17.3. The lowest BCUT2D eigenvalue weighted by molar-refractivity contribution is 0.590. The van der Waals surface area contributed by atoms with Crippen molar-refractivity contribution in [2.45, 2.75) is 59.3 Å². The van der Waals surface area contributed by atoms with Crippen molar-refractivity contribution >= 4 is 55.7 Å². The van der Waals surface area contributed by atoms with Crippen molar-refractivity contribution in [3.8, 4) is 22.3 Å². The SMILES string of the molecule is Cc1ccc(C(C)(C)C)cc1N(c1ccccc1)c1ccc2cc3c(cc2c1)-c1cc2cc(N(c4ccccc4)c4cccc(C(C)(C)C)c4)ccc2cc1-3. The van der Waals surface area contributed by atoms with Gasteiger partial charge < -0.3 is 9.80 Å². The van der Waals surface area contributed by atoms with Crippen molar-refractivity contribution in [3.63, 3.8) is 0 Å². The summed E-state index contributed by atoms with van der Waals surface area (Å²) in [5.41, 5.74) is 16.3. The van der Waals surface area contributed by atoms with Gasteiger partial charge in [0, 0.05) is 34.1 Å². The zero-order valence-electron chi connectivity index (χ0n) is 33.0. The molecular weight excluding hydrogens is 665 g/mol. The number of aryl methyl sites for hydroxylation is 1. The average Bonchev–Trinajstić information content (AvgIpc) is 3.18. The molecule has 9 rings (SSSR count). The number of para-hydroxylation sites is 2. The van der Waals surface area contributed by atoms with Crippen molar-refractivity contribution in [1.82, 2.24) is 0 Å². The van der Waals surface area contributed by atoms with E-state index in [2.05, 4.69) is 222 Å². The van der Waals surface area contributed by atoms with Gasteiger partial charge in [0.05, 0.1) is 0 Å². The smallest absolute Gasteiger partial charge is 0.0493 e. The third-order valence-corrected chi connectivity index (χ3v) is 11.3. The predicted molar refractivity (Wildman–Crippen MR) is 237 cm³/mol. The minimum absolute atomic E-state index is 0.0476. The first-order valence-electron chi connectivity index (χ1n) is 19.5. The molecule has 0 unspecified atom stereocenters. The lowest BCUT2D eigenvalue weighted by Crippen LogP contribution is -2.15. The fraction of sp³-hybridized carbons (Fsp3) is 0.170. The summed E-state index contributed by atoms with van der Waals surface area (Å²) in [6.07, 6.45) is 0. The van der Waals surface area contributed by atoms with E-state index in [1.54, 1.807) is 0 Å². The average molecular weight is 713 g/mol. The van der Waals surface area contributed by atoms with E-state index >= 15 is 0 Å². The zero-order chi connectivity index (χ0) is 38.1. The van der Waals surface area contributed by atoms with Gasteiger partial charge in [-0.1, -0.05) is 114 Å². The maximum atomic E-state index is 2.42. The summed E-state index contributed by atoms with van der Waals surface area (Å²) in [5.74, 6) is 0. The molecule has 8 aromatic carbocycles. The van der Waals surface area contributed by atoms with Gasteiger partial charge in [-0.25, -0.2) is 0 Å². The molecular formula is C53H48N2. The first-order valence-corrected chi connectivity index (χ1v) is 19.5. The summed E-state index contributed by atoms with van der Waals surface area (Å²) in [5, 5.41) is 5.00. The van der Waals surface area contributed by atoms with E-state index in [-0.39, 0.29) is 10.8 Å². The summed E-state index contributed by atoms with van der Waals surface area (Å²) < 4.78 is 0. The van der Waals surface area contributed by atoms with Crippen LogP contribution in [0.5, 0.6) is 0 Å². The van der Waals surface area contributed by atoms with Gasteiger partial charge in [-0.05, 0) is 169 Å². The number of nitrogens with zero attached hydrogens (tertiary/aromatic N) is 2. The summed E-state index contributed by atoms with van der Waals surface area (Å²) in [6.45, 7) is 15.9. The van der Waals surface area contributed by atoms with E-state index < -0.39 is 0 Å². The van der Waals surface area contributed by atoms with Gasteiger partial charge in [-0.3, -0.25) is 0 Å². The fourth-order valence-electron chi connectivity index (χ4n) is 8.13. The van der Waals surface area contributed by atoms with Crippen molar-refractivity contribution in [1.29, 1.82) is 0 Å². The van der Waals surface area contributed by atoms with E-state index in [4.69, 9.17) is 0 Å². The Labute approximate surface area is 326 Å². The first kappa shape index (κ1) is 34.6. The van der Waals surface area contributed by atoms with Gasteiger partial charge in [-0.2, -0.15) is 0 Å². The van der Waals surface area contributed by atoms with Crippen LogP contribution in [0.3, 0.4) is 0 Å². The van der Waals surface area contributed by atoms with Gasteiger partial charge >= 0.3 is 0 Å². The Bertz CT molecular complexity index is 2730. The van der Waals surface area contributed by atoms with Gasteiger partial charge in [0.15, 0.2) is 0 Å². The van der Waals surface area contributed by atoms with Gasteiger partial charge in [0.1, 0.15) is 0 Å². The topological polar surface area (TPSA) is 6.48 Å². The quantitative estimate of drug-likeness (QED) is 0.169. The van der Waals surface area contributed by atoms with Crippen LogP contribution in [0, 0.1) is 6.92 Å². The van der Waals surface area contributed by atoms with Gasteiger partial charge in [0.2, 0.25) is 0 Å². The third-order valence-electron chi connectivity index (χ3n) is 11.3. The van der Waals surface area contributed by atoms with Crippen molar-refractivity contribution < 1.29 is 0 Å². The highest BCUT2D eigenvalue weighted by Gasteiger charge is 2.26. The van der Waals surface area contributed by atoms with Gasteiger partial charge in [0.25, 0.3) is 0 Å². The Morgan fingerprint density at radius 1 is 0.327 bits per heavy atom. The van der Waals surface area contributed by atoms with E-state index in [0.29, 0.717) is 0 Å². The number of rotatable bonds is 6. The number of anilines is 6. The van der Waals surface area contributed by atoms with Crippen LogP contribution in [-0.4, -0.2) is 0 Å². The van der Waals surface area contributed by atoms with Gasteiger partial charge in [-0.15, -0.1) is 0 Å². The standard InChI is InChI=1S/C53H48N2/c1-35-21-24-41(53(5,6)7)34-51(35)55(43-18-12-9-13-19-43)46-26-23-37-30-48-47-29-36-22-25-45(27-38(36)31-49(47)50(48)32-39(37)28-46)54(42-16-10-8-11-17-42)44-20-14-15-40(33-44)52(2,3)4/h8-34H,1-7H3. The summed E-state index contributed by atoms with van der Waals surface area (Å²) in [6, 6.07) is 60.8. The molecule has 2 nitrogen and oxygen atoms in total. The largest absolute Gasteiger partial charge is 0.310 e. The molecule has 1 aliphatic rings. The zero-order valence-corrected chi connectivity index (χ0v) is 33.0. The Hall–Kier alpha value is -6.12. The van der Waals surface area contributed by atoms with Crippen molar-refractivity contribution in [3.05, 3.63) is 180 Å². The molecule has 0 aliphatic heterocycles. The Kier molecular flexibility index (Phi) is 8.20. The minimum Gasteiger partial charge on any atom is -0.310 e. The molecule has 0 radical (unpaired) electrons. The Balaban J connectivity index is 1.13. The molecule has 2 heteroatoms. The van der Waals surface area contributed by atoms with Crippen LogP contribution in [0.25, 0.3) is 43.8 Å². The molecule has 0 saturated carbocycles. The maximum absolute atomic E-state index is 2.42. The van der Waals surface area contributed by atoms with Crippen LogP contribution in [0.4, 0.5) is 34.1 Å². The lowest BCUT2D eigenvalue weighted by Gasteiger charge is -2.30. The number of benzene rings is 8. The monoisotopic (exact) mass is 712 g/mol. The molecule has 0 saturated heterocycles. The van der Waals surface area contributed by atoms with Crippen molar-refractivity contribution in [2.24, 2.45) is 0 Å². The number of hydrogen-bond donors (Lipinski definition) is 0. The molecule has 0 bridgehead atoms. The Morgan fingerprint density at radius 3 is 1.29 bits per heavy atom. The van der Waals surface area contributed by atoms with Crippen molar-refractivity contribution in [2.75, 3.05) is 9.80 Å². The molecule has 270 valence electrons. The van der Waals surface area contributed by atoms with Crippen LogP contribution in [0.1, 0.15) is 58.2 Å².